The number of hydrogen-bond donors (Lipinski definition) is 2. The second kappa shape index (κ2) is 6.02. The first-order chi connectivity index (χ1) is 9.42. The van der Waals surface area contributed by atoms with Crippen LogP contribution in [0.3, 0.4) is 0 Å². The molecule has 0 unspecified atom stereocenters. The Morgan fingerprint density at radius 1 is 1.11 bits per heavy atom. The highest BCUT2D eigenvalue weighted by atomic mass is 15.1. The summed E-state index contributed by atoms with van der Waals surface area (Å²) in [6.07, 6.45) is 7.44. The highest BCUT2D eigenvalue weighted by Gasteiger charge is 2.13. The van der Waals surface area contributed by atoms with Crippen LogP contribution in [0.2, 0.25) is 0 Å². The van der Waals surface area contributed by atoms with Crippen molar-refractivity contribution in [2.24, 2.45) is 5.92 Å². The third-order valence-corrected chi connectivity index (χ3v) is 4.00. The molecule has 2 N–H and O–H groups in total. The largest absolute Gasteiger partial charge is 0.312 e. The predicted molar refractivity (Wildman–Crippen MR) is 77.7 cm³/mol. The molecule has 0 radical (unpaired) electrons. The standard InChI is InChI=1S/C16H21N3/c1-2-4-13(3-1)11-17-12-14-5-7-15(8-6-14)16-9-10-18-19-16/h5-10,13,17H,1-4,11-12H2,(H,18,19). The Labute approximate surface area is 114 Å². The number of H-pyrrole nitrogens is 1. The Morgan fingerprint density at radius 3 is 2.58 bits per heavy atom. The number of aromatic nitrogens is 2. The average Bonchev–Trinajstić information content (AvgIpc) is 3.13. The molecule has 1 saturated carbocycles. The third-order valence-electron chi connectivity index (χ3n) is 4.00. The van der Waals surface area contributed by atoms with Crippen molar-refractivity contribution in [1.29, 1.82) is 0 Å². The molecular weight excluding hydrogens is 234 g/mol. The van der Waals surface area contributed by atoms with Crippen molar-refractivity contribution in [3.63, 3.8) is 0 Å². The molecule has 0 aliphatic heterocycles. The van der Waals surface area contributed by atoms with Crippen molar-refractivity contribution in [3.8, 4) is 11.3 Å². The summed E-state index contributed by atoms with van der Waals surface area (Å²) >= 11 is 0. The van der Waals surface area contributed by atoms with Crippen molar-refractivity contribution >= 4 is 0 Å². The molecule has 100 valence electrons. The van der Waals surface area contributed by atoms with Crippen molar-refractivity contribution in [3.05, 3.63) is 42.1 Å². The zero-order valence-corrected chi connectivity index (χ0v) is 11.2. The van der Waals surface area contributed by atoms with Gasteiger partial charge in [-0.2, -0.15) is 5.10 Å². The summed E-state index contributed by atoms with van der Waals surface area (Å²) in [6, 6.07) is 10.7. The molecule has 0 saturated heterocycles. The Hall–Kier alpha value is -1.61. The van der Waals surface area contributed by atoms with Gasteiger partial charge >= 0.3 is 0 Å². The number of hydrogen-bond acceptors (Lipinski definition) is 2. The van der Waals surface area contributed by atoms with Gasteiger partial charge in [0, 0.05) is 12.7 Å². The van der Waals surface area contributed by atoms with Crippen LogP contribution in [0, 0.1) is 5.92 Å². The molecule has 0 atom stereocenters. The molecule has 19 heavy (non-hydrogen) atoms. The molecular formula is C16H21N3. The molecule has 3 rings (SSSR count). The molecule has 0 amide bonds. The highest BCUT2D eigenvalue weighted by molar-refractivity contribution is 5.58. The van der Waals surface area contributed by atoms with Gasteiger partial charge < -0.3 is 5.32 Å². The van der Waals surface area contributed by atoms with Gasteiger partial charge in [0.25, 0.3) is 0 Å². The summed E-state index contributed by atoms with van der Waals surface area (Å²) in [6.45, 7) is 2.14. The van der Waals surface area contributed by atoms with Crippen LogP contribution in [0.4, 0.5) is 0 Å². The van der Waals surface area contributed by atoms with Crippen molar-refractivity contribution in [1.82, 2.24) is 15.5 Å². The average molecular weight is 255 g/mol. The molecule has 1 aromatic heterocycles. The van der Waals surface area contributed by atoms with Crippen LogP contribution in [-0.2, 0) is 6.54 Å². The SMILES string of the molecule is c1cc(-c2ccc(CNCC3CCCC3)cc2)[nH]n1. The second-order valence-corrected chi connectivity index (χ2v) is 5.45. The minimum atomic E-state index is 0.907. The van der Waals surface area contributed by atoms with Gasteiger partial charge in [0.2, 0.25) is 0 Å². The number of nitrogens with zero attached hydrogens (tertiary/aromatic N) is 1. The Morgan fingerprint density at radius 2 is 1.89 bits per heavy atom. The van der Waals surface area contributed by atoms with Crippen LogP contribution in [0.15, 0.2) is 36.5 Å². The summed E-state index contributed by atoms with van der Waals surface area (Å²) in [4.78, 5) is 0. The summed E-state index contributed by atoms with van der Waals surface area (Å²) in [5.74, 6) is 0.907. The fourth-order valence-electron chi connectivity index (χ4n) is 2.85. The van der Waals surface area contributed by atoms with Gasteiger partial charge in [0.15, 0.2) is 0 Å². The number of nitrogens with one attached hydrogen (secondary N) is 2. The van der Waals surface area contributed by atoms with Crippen molar-refractivity contribution in [2.45, 2.75) is 32.2 Å². The molecule has 1 aliphatic carbocycles. The van der Waals surface area contributed by atoms with Gasteiger partial charge in [-0.15, -0.1) is 0 Å². The molecule has 0 spiro atoms. The van der Waals surface area contributed by atoms with E-state index in [1.807, 2.05) is 6.07 Å². The molecule has 1 aliphatic rings. The topological polar surface area (TPSA) is 40.7 Å². The van der Waals surface area contributed by atoms with Gasteiger partial charge in [-0.3, -0.25) is 5.10 Å². The normalized spacial score (nSPS) is 16.0. The maximum atomic E-state index is 3.98. The van der Waals surface area contributed by atoms with E-state index in [-0.39, 0.29) is 0 Å². The molecule has 3 nitrogen and oxygen atoms in total. The van der Waals surface area contributed by atoms with Gasteiger partial charge in [0.1, 0.15) is 0 Å². The lowest BCUT2D eigenvalue weighted by atomic mass is 10.1. The Kier molecular flexibility index (Phi) is 3.94. The van der Waals surface area contributed by atoms with Crippen LogP contribution in [-0.4, -0.2) is 16.7 Å². The van der Waals surface area contributed by atoms with E-state index in [4.69, 9.17) is 0 Å². The fraction of sp³-hybridized carbons (Fsp3) is 0.438. The van der Waals surface area contributed by atoms with E-state index in [9.17, 15) is 0 Å². The minimum absolute atomic E-state index is 0.907. The van der Waals surface area contributed by atoms with Crippen molar-refractivity contribution < 1.29 is 0 Å². The van der Waals surface area contributed by atoms with E-state index < -0.39 is 0 Å². The van der Waals surface area contributed by atoms with Crippen LogP contribution in [0.25, 0.3) is 11.3 Å². The number of aromatic amines is 1. The summed E-state index contributed by atoms with van der Waals surface area (Å²) in [5.41, 5.74) is 3.61. The third kappa shape index (κ3) is 3.24. The first-order valence-corrected chi connectivity index (χ1v) is 7.21. The highest BCUT2D eigenvalue weighted by Crippen LogP contribution is 2.23. The monoisotopic (exact) mass is 255 g/mol. The fourth-order valence-corrected chi connectivity index (χ4v) is 2.85. The molecule has 2 aromatic rings. The van der Waals surface area contributed by atoms with Crippen LogP contribution < -0.4 is 5.32 Å². The molecule has 1 heterocycles. The van der Waals surface area contributed by atoms with E-state index in [1.54, 1.807) is 6.20 Å². The maximum absolute atomic E-state index is 3.98. The van der Waals surface area contributed by atoms with Crippen LogP contribution in [0.1, 0.15) is 31.2 Å². The number of rotatable bonds is 5. The smallest absolute Gasteiger partial charge is 0.0650 e. The quantitative estimate of drug-likeness (QED) is 0.860. The lowest BCUT2D eigenvalue weighted by molar-refractivity contribution is 0.489. The second-order valence-electron chi connectivity index (χ2n) is 5.45. The molecule has 1 fully saturated rings. The van der Waals surface area contributed by atoms with Crippen LogP contribution >= 0.6 is 0 Å². The summed E-state index contributed by atoms with van der Waals surface area (Å²) in [7, 11) is 0. The first kappa shape index (κ1) is 12.4. The summed E-state index contributed by atoms with van der Waals surface area (Å²) in [5, 5.41) is 10.5. The van der Waals surface area contributed by atoms with Gasteiger partial charge in [-0.25, -0.2) is 0 Å². The number of benzene rings is 1. The zero-order chi connectivity index (χ0) is 12.9. The van der Waals surface area contributed by atoms with Gasteiger partial charge in [0.05, 0.1) is 5.69 Å². The van der Waals surface area contributed by atoms with E-state index >= 15 is 0 Å². The van der Waals surface area contributed by atoms with E-state index in [2.05, 4.69) is 39.8 Å². The Balaban J connectivity index is 1.51. The predicted octanol–water partition coefficient (Wildman–Crippen LogP) is 3.36. The van der Waals surface area contributed by atoms with Crippen LogP contribution in [0.5, 0.6) is 0 Å². The van der Waals surface area contributed by atoms with E-state index in [0.717, 1.165) is 18.2 Å². The Bertz CT molecular complexity index is 481. The molecule has 1 aromatic carbocycles. The van der Waals surface area contributed by atoms with E-state index in [1.165, 1.54) is 43.4 Å². The minimum Gasteiger partial charge on any atom is -0.312 e. The van der Waals surface area contributed by atoms with Gasteiger partial charge in [-0.1, -0.05) is 37.1 Å². The lowest BCUT2D eigenvalue weighted by Crippen LogP contribution is -2.20. The molecule has 0 bridgehead atoms. The van der Waals surface area contributed by atoms with Gasteiger partial charge in [-0.05, 0) is 42.5 Å². The summed E-state index contributed by atoms with van der Waals surface area (Å²) < 4.78 is 0. The van der Waals surface area contributed by atoms with E-state index in [0.29, 0.717) is 0 Å². The van der Waals surface area contributed by atoms with Crippen molar-refractivity contribution in [2.75, 3.05) is 6.54 Å². The zero-order valence-electron chi connectivity index (χ0n) is 11.2. The molecule has 3 heteroatoms. The maximum Gasteiger partial charge on any atom is 0.0650 e. The first-order valence-electron chi connectivity index (χ1n) is 7.21. The lowest BCUT2D eigenvalue weighted by Gasteiger charge is -2.10.